The number of benzene rings is 1. The number of aromatic nitrogens is 2. The summed E-state index contributed by atoms with van der Waals surface area (Å²) in [5.41, 5.74) is 6.99. The molecule has 2 aromatic heterocycles. The first-order valence-corrected chi connectivity index (χ1v) is 10.2. The van der Waals surface area contributed by atoms with Crippen LogP contribution in [-0.2, 0) is 0 Å². The fraction of sp³-hybridized carbons (Fsp3) is 0.364. The van der Waals surface area contributed by atoms with Crippen LogP contribution in [0, 0.1) is 13.8 Å². The number of aliphatic imine (C=N–C) groups is 1. The van der Waals surface area contributed by atoms with E-state index < -0.39 is 0 Å². The molecule has 134 valence electrons. The summed E-state index contributed by atoms with van der Waals surface area (Å²) in [7, 11) is 0. The van der Waals surface area contributed by atoms with Crippen LogP contribution in [0.3, 0.4) is 0 Å². The van der Waals surface area contributed by atoms with E-state index in [1.165, 1.54) is 34.6 Å². The molecule has 0 fully saturated rings. The Hall–Kier alpha value is -2.07. The number of aryl methyl sites for hydroxylation is 2. The predicted molar refractivity (Wildman–Crippen MR) is 111 cm³/mol. The van der Waals surface area contributed by atoms with E-state index in [4.69, 9.17) is 4.99 Å². The van der Waals surface area contributed by atoms with Gasteiger partial charge in [0.2, 0.25) is 0 Å². The molecule has 3 aromatic rings. The van der Waals surface area contributed by atoms with Gasteiger partial charge in [-0.05, 0) is 44.9 Å². The van der Waals surface area contributed by atoms with Crippen LogP contribution in [0.2, 0.25) is 0 Å². The van der Waals surface area contributed by atoms with Gasteiger partial charge in [-0.3, -0.25) is 4.99 Å². The minimum Gasteiger partial charge on any atom is -0.266 e. The van der Waals surface area contributed by atoms with E-state index in [9.17, 15) is 0 Å². The summed E-state index contributed by atoms with van der Waals surface area (Å²) in [6.07, 6.45) is 5.45. The maximum atomic E-state index is 5.26. The zero-order chi connectivity index (χ0) is 18.3. The zero-order valence-corrected chi connectivity index (χ0v) is 16.7. The minimum absolute atomic E-state index is 0.117. The van der Waals surface area contributed by atoms with E-state index in [0.29, 0.717) is 0 Å². The first kappa shape index (κ1) is 17.3. The summed E-state index contributed by atoms with van der Waals surface area (Å²) in [6, 6.07) is 13.0. The standard InChI is InChI=1S/C22H25N3S/c1-5-6-13-22(4)24-21(17-9-7-8-10-20(17)26-22)18-14-23-25-16(3)15(2)11-12-19(18)25/h7-12,14H,5-6,13H2,1-4H3. The Kier molecular flexibility index (Phi) is 4.39. The van der Waals surface area contributed by atoms with Crippen molar-refractivity contribution in [2.75, 3.05) is 0 Å². The third-order valence-electron chi connectivity index (χ3n) is 5.26. The largest absolute Gasteiger partial charge is 0.266 e. The van der Waals surface area contributed by atoms with Gasteiger partial charge in [0.15, 0.2) is 0 Å². The monoisotopic (exact) mass is 363 g/mol. The summed E-state index contributed by atoms with van der Waals surface area (Å²) >= 11 is 1.90. The van der Waals surface area contributed by atoms with E-state index in [1.54, 1.807) is 0 Å². The molecule has 4 rings (SSSR count). The van der Waals surface area contributed by atoms with E-state index in [-0.39, 0.29) is 4.87 Å². The highest BCUT2D eigenvalue weighted by molar-refractivity contribution is 8.00. The SMILES string of the molecule is CCCCC1(C)N=C(c2cnn3c(C)c(C)ccc23)c2ccccc2S1. The van der Waals surface area contributed by atoms with Crippen molar-refractivity contribution in [1.29, 1.82) is 0 Å². The molecule has 0 aliphatic carbocycles. The maximum Gasteiger partial charge on any atom is 0.108 e. The molecule has 0 radical (unpaired) electrons. The Morgan fingerprint density at radius 3 is 2.69 bits per heavy atom. The predicted octanol–water partition coefficient (Wildman–Crippen LogP) is 5.80. The first-order valence-electron chi connectivity index (χ1n) is 9.35. The van der Waals surface area contributed by atoms with E-state index in [1.807, 2.05) is 22.5 Å². The van der Waals surface area contributed by atoms with Crippen LogP contribution in [0.15, 0.2) is 52.5 Å². The first-order chi connectivity index (χ1) is 12.5. The third-order valence-corrected chi connectivity index (χ3v) is 6.57. The molecule has 0 amide bonds. The third kappa shape index (κ3) is 2.86. The number of nitrogens with zero attached hydrogens (tertiary/aromatic N) is 3. The van der Waals surface area contributed by atoms with Crippen molar-refractivity contribution in [2.24, 2.45) is 4.99 Å². The molecule has 1 aliphatic heterocycles. The summed E-state index contributed by atoms with van der Waals surface area (Å²) in [5, 5.41) is 4.67. The Morgan fingerprint density at radius 2 is 1.88 bits per heavy atom. The molecule has 3 heterocycles. The Labute approximate surface area is 159 Å². The lowest BCUT2D eigenvalue weighted by Gasteiger charge is -2.31. The second-order valence-corrected chi connectivity index (χ2v) is 8.82. The van der Waals surface area contributed by atoms with Gasteiger partial charge in [-0.1, -0.05) is 55.8 Å². The molecule has 1 atom stereocenters. The lowest BCUT2D eigenvalue weighted by atomic mass is 10.0. The highest BCUT2D eigenvalue weighted by Gasteiger charge is 2.32. The summed E-state index contributed by atoms with van der Waals surface area (Å²) < 4.78 is 2.04. The van der Waals surface area contributed by atoms with Gasteiger partial charge in [0.05, 0.1) is 17.4 Å². The molecule has 4 heteroatoms. The molecule has 0 saturated heterocycles. The maximum absolute atomic E-state index is 5.26. The lowest BCUT2D eigenvalue weighted by Crippen LogP contribution is -2.25. The van der Waals surface area contributed by atoms with Crippen LogP contribution >= 0.6 is 11.8 Å². The molecular formula is C22H25N3S. The smallest absolute Gasteiger partial charge is 0.108 e. The Morgan fingerprint density at radius 1 is 1.08 bits per heavy atom. The topological polar surface area (TPSA) is 29.7 Å². The van der Waals surface area contributed by atoms with E-state index in [0.717, 1.165) is 23.2 Å². The number of fused-ring (bicyclic) bond motifs is 2. The number of thioether (sulfide) groups is 1. The normalized spacial score (nSPS) is 19.5. The molecule has 0 spiro atoms. The molecular weight excluding hydrogens is 338 g/mol. The minimum atomic E-state index is -0.117. The Bertz CT molecular complexity index is 1000. The van der Waals surface area contributed by atoms with Crippen molar-refractivity contribution < 1.29 is 0 Å². The average molecular weight is 364 g/mol. The molecule has 1 unspecified atom stereocenters. The highest BCUT2D eigenvalue weighted by atomic mass is 32.2. The zero-order valence-electron chi connectivity index (χ0n) is 15.9. The molecule has 1 aromatic carbocycles. The summed E-state index contributed by atoms with van der Waals surface area (Å²) in [4.78, 5) is 6.46. The number of pyridine rings is 1. The fourth-order valence-corrected chi connectivity index (χ4v) is 4.86. The molecule has 0 N–H and O–H groups in total. The second kappa shape index (κ2) is 6.58. The van der Waals surface area contributed by atoms with Crippen molar-refractivity contribution in [3.8, 4) is 0 Å². The van der Waals surface area contributed by atoms with E-state index >= 15 is 0 Å². The number of unbranched alkanes of at least 4 members (excludes halogenated alkanes) is 1. The van der Waals surface area contributed by atoms with Crippen molar-refractivity contribution in [1.82, 2.24) is 9.61 Å². The Balaban J connectivity index is 1.91. The van der Waals surface area contributed by atoms with E-state index in [2.05, 4.69) is 69.2 Å². The quantitative estimate of drug-likeness (QED) is 0.586. The molecule has 3 nitrogen and oxygen atoms in total. The molecule has 1 aliphatic rings. The van der Waals surface area contributed by atoms with Gasteiger partial charge in [0, 0.05) is 21.7 Å². The van der Waals surface area contributed by atoms with Crippen molar-refractivity contribution in [3.05, 3.63) is 65.0 Å². The number of rotatable bonds is 4. The molecule has 0 saturated carbocycles. The van der Waals surface area contributed by atoms with Crippen molar-refractivity contribution in [3.63, 3.8) is 0 Å². The van der Waals surface area contributed by atoms with Gasteiger partial charge < -0.3 is 0 Å². The van der Waals surface area contributed by atoms with Crippen molar-refractivity contribution in [2.45, 2.75) is 56.7 Å². The van der Waals surface area contributed by atoms with Gasteiger partial charge in [0.25, 0.3) is 0 Å². The van der Waals surface area contributed by atoms with Gasteiger partial charge >= 0.3 is 0 Å². The second-order valence-electron chi connectivity index (χ2n) is 7.29. The van der Waals surface area contributed by atoms with Crippen LogP contribution in [0.1, 0.15) is 55.5 Å². The van der Waals surface area contributed by atoms with Crippen LogP contribution in [0.25, 0.3) is 5.52 Å². The average Bonchev–Trinajstić information content (AvgIpc) is 3.07. The molecule has 26 heavy (non-hydrogen) atoms. The summed E-state index contributed by atoms with van der Waals surface area (Å²) in [6.45, 7) is 8.76. The van der Waals surface area contributed by atoms with Crippen LogP contribution in [-0.4, -0.2) is 20.2 Å². The van der Waals surface area contributed by atoms with Gasteiger partial charge in [-0.15, -0.1) is 0 Å². The summed E-state index contributed by atoms with van der Waals surface area (Å²) in [5.74, 6) is 0. The van der Waals surface area contributed by atoms with Gasteiger partial charge in [-0.25, -0.2) is 4.52 Å². The molecule has 0 bridgehead atoms. The highest BCUT2D eigenvalue weighted by Crippen LogP contribution is 2.44. The fourth-order valence-electron chi connectivity index (χ4n) is 3.58. The van der Waals surface area contributed by atoms with Crippen LogP contribution < -0.4 is 0 Å². The number of hydrogen-bond acceptors (Lipinski definition) is 3. The number of hydrogen-bond donors (Lipinski definition) is 0. The van der Waals surface area contributed by atoms with Gasteiger partial charge in [0.1, 0.15) is 4.87 Å². The van der Waals surface area contributed by atoms with Crippen molar-refractivity contribution >= 4 is 23.0 Å². The van der Waals surface area contributed by atoms with Gasteiger partial charge in [-0.2, -0.15) is 5.10 Å². The van der Waals surface area contributed by atoms with Crippen LogP contribution in [0.4, 0.5) is 0 Å². The van der Waals surface area contributed by atoms with Crippen LogP contribution in [0.5, 0.6) is 0 Å². The lowest BCUT2D eigenvalue weighted by molar-refractivity contribution is 0.572.